The van der Waals surface area contributed by atoms with Crippen molar-refractivity contribution < 1.29 is 14.3 Å². The summed E-state index contributed by atoms with van der Waals surface area (Å²) in [6.07, 6.45) is 4.39. The lowest BCUT2D eigenvalue weighted by Crippen LogP contribution is -2.21. The summed E-state index contributed by atoms with van der Waals surface area (Å²) in [6, 6.07) is 11.7. The standard InChI is InChI=1S/C24H27N3O3S/c1-4-17-10-11-20-18(12-17)13-21(31-20)24(29)30-14-22(28)25-23-15(2)26-27(16(23)3)19-8-6-5-7-9-19/h5-9,13,17H,4,10-12,14H2,1-3H3,(H,25,28). The van der Waals surface area contributed by atoms with E-state index < -0.39 is 5.97 Å². The molecule has 31 heavy (non-hydrogen) atoms. The molecule has 162 valence electrons. The molecule has 1 atom stereocenters. The van der Waals surface area contributed by atoms with Crippen molar-refractivity contribution in [2.75, 3.05) is 11.9 Å². The van der Waals surface area contributed by atoms with Crippen molar-refractivity contribution >= 4 is 28.9 Å². The molecule has 0 saturated carbocycles. The molecule has 4 rings (SSSR count). The van der Waals surface area contributed by atoms with Crippen molar-refractivity contribution in [3.05, 3.63) is 63.1 Å². The van der Waals surface area contributed by atoms with Crippen molar-refractivity contribution in [2.45, 2.75) is 46.5 Å². The number of hydrogen-bond acceptors (Lipinski definition) is 5. The Labute approximate surface area is 186 Å². The zero-order valence-electron chi connectivity index (χ0n) is 18.1. The smallest absolute Gasteiger partial charge is 0.348 e. The maximum atomic E-state index is 12.5. The molecule has 1 N–H and O–H groups in total. The fourth-order valence-corrected chi connectivity index (χ4v) is 5.17. The number of nitrogens with zero attached hydrogens (tertiary/aromatic N) is 2. The summed E-state index contributed by atoms with van der Waals surface area (Å²) in [4.78, 5) is 26.8. The first-order chi connectivity index (χ1) is 15.0. The number of anilines is 1. The summed E-state index contributed by atoms with van der Waals surface area (Å²) in [5, 5.41) is 7.36. The first-order valence-electron chi connectivity index (χ1n) is 10.7. The molecule has 1 aliphatic rings. The first kappa shape index (κ1) is 21.3. The highest BCUT2D eigenvalue weighted by Crippen LogP contribution is 2.33. The third-order valence-electron chi connectivity index (χ3n) is 5.85. The SMILES string of the molecule is CCC1CCc2sc(C(=O)OCC(=O)Nc3c(C)nn(-c4ccccc4)c3C)cc2C1. The van der Waals surface area contributed by atoms with Crippen molar-refractivity contribution in [2.24, 2.45) is 5.92 Å². The van der Waals surface area contributed by atoms with Crippen LogP contribution in [0.3, 0.4) is 0 Å². The van der Waals surface area contributed by atoms with E-state index in [9.17, 15) is 9.59 Å². The molecule has 0 aliphatic heterocycles. The van der Waals surface area contributed by atoms with Crippen LogP contribution < -0.4 is 5.32 Å². The van der Waals surface area contributed by atoms with Crippen molar-refractivity contribution in [3.63, 3.8) is 0 Å². The highest BCUT2D eigenvalue weighted by molar-refractivity contribution is 7.14. The van der Waals surface area contributed by atoms with Crippen LogP contribution in [0.2, 0.25) is 0 Å². The highest BCUT2D eigenvalue weighted by atomic mass is 32.1. The molecule has 0 spiro atoms. The molecule has 0 bridgehead atoms. The van der Waals surface area contributed by atoms with E-state index in [1.807, 2.05) is 50.2 Å². The van der Waals surface area contributed by atoms with Gasteiger partial charge in [0.25, 0.3) is 5.91 Å². The van der Waals surface area contributed by atoms with Gasteiger partial charge in [-0.3, -0.25) is 4.79 Å². The van der Waals surface area contributed by atoms with Gasteiger partial charge in [0.2, 0.25) is 0 Å². The predicted molar refractivity (Wildman–Crippen MR) is 122 cm³/mol. The summed E-state index contributed by atoms with van der Waals surface area (Å²) in [5.41, 5.74) is 4.35. The van der Waals surface area contributed by atoms with E-state index in [2.05, 4.69) is 17.3 Å². The van der Waals surface area contributed by atoms with Crippen LogP contribution >= 0.6 is 11.3 Å². The molecule has 0 saturated heterocycles. The number of aromatic nitrogens is 2. The molecular weight excluding hydrogens is 410 g/mol. The Morgan fingerprint density at radius 1 is 1.26 bits per heavy atom. The zero-order chi connectivity index (χ0) is 22.0. The highest BCUT2D eigenvalue weighted by Gasteiger charge is 2.23. The summed E-state index contributed by atoms with van der Waals surface area (Å²) < 4.78 is 7.08. The quantitative estimate of drug-likeness (QED) is 0.559. The van der Waals surface area contributed by atoms with E-state index in [-0.39, 0.29) is 12.5 Å². The molecule has 6 nitrogen and oxygen atoms in total. The Morgan fingerprint density at radius 2 is 2.03 bits per heavy atom. The fraction of sp³-hybridized carbons (Fsp3) is 0.375. The summed E-state index contributed by atoms with van der Waals surface area (Å²) in [6.45, 7) is 5.62. The Bertz CT molecular complexity index is 1100. The van der Waals surface area contributed by atoms with Crippen molar-refractivity contribution in [3.8, 4) is 5.69 Å². The van der Waals surface area contributed by atoms with Crippen LogP contribution in [0, 0.1) is 19.8 Å². The van der Waals surface area contributed by atoms with Gasteiger partial charge in [-0.25, -0.2) is 9.48 Å². The number of aryl methyl sites for hydroxylation is 2. The number of hydrogen-bond donors (Lipinski definition) is 1. The van der Waals surface area contributed by atoms with Crippen LogP contribution in [0.5, 0.6) is 0 Å². The number of thiophene rings is 1. The van der Waals surface area contributed by atoms with Crippen LogP contribution in [0.15, 0.2) is 36.4 Å². The molecular formula is C24H27N3O3S. The minimum absolute atomic E-state index is 0.325. The van der Waals surface area contributed by atoms with Gasteiger partial charge in [-0.1, -0.05) is 31.5 Å². The van der Waals surface area contributed by atoms with Gasteiger partial charge in [-0.2, -0.15) is 5.10 Å². The number of rotatable bonds is 6. The van der Waals surface area contributed by atoms with Gasteiger partial charge in [0.1, 0.15) is 4.88 Å². The second kappa shape index (κ2) is 9.06. The van der Waals surface area contributed by atoms with Gasteiger partial charge in [-0.05, 0) is 62.8 Å². The van der Waals surface area contributed by atoms with E-state index >= 15 is 0 Å². The minimum atomic E-state index is -0.434. The third kappa shape index (κ3) is 4.56. The largest absolute Gasteiger partial charge is 0.451 e. The van der Waals surface area contributed by atoms with Gasteiger partial charge >= 0.3 is 5.97 Å². The normalized spacial score (nSPS) is 15.4. The van der Waals surface area contributed by atoms with Gasteiger partial charge in [0, 0.05) is 4.88 Å². The fourth-order valence-electron chi connectivity index (χ4n) is 4.07. The number of carbonyl (C=O) groups is 2. The third-order valence-corrected chi connectivity index (χ3v) is 7.07. The molecule has 7 heteroatoms. The minimum Gasteiger partial charge on any atom is -0.451 e. The van der Waals surface area contributed by atoms with Gasteiger partial charge in [0.05, 0.1) is 22.8 Å². The Hall–Kier alpha value is -2.93. The number of esters is 1. The maximum Gasteiger partial charge on any atom is 0.348 e. The van der Waals surface area contributed by atoms with E-state index in [1.165, 1.54) is 28.2 Å². The molecule has 2 aromatic heterocycles. The molecule has 2 heterocycles. The topological polar surface area (TPSA) is 73.2 Å². The second-order valence-corrected chi connectivity index (χ2v) is 9.13. The average molecular weight is 438 g/mol. The van der Waals surface area contributed by atoms with Crippen LogP contribution in [0.1, 0.15) is 51.3 Å². The van der Waals surface area contributed by atoms with Crippen molar-refractivity contribution in [1.82, 2.24) is 9.78 Å². The van der Waals surface area contributed by atoms with Crippen LogP contribution in [0.25, 0.3) is 5.69 Å². The van der Waals surface area contributed by atoms with Gasteiger partial charge in [-0.15, -0.1) is 11.3 Å². The number of fused-ring (bicyclic) bond motifs is 1. The number of para-hydroxylation sites is 1. The Balaban J connectivity index is 1.38. The van der Waals surface area contributed by atoms with Crippen LogP contribution in [-0.4, -0.2) is 28.3 Å². The van der Waals surface area contributed by atoms with Gasteiger partial charge in [0.15, 0.2) is 6.61 Å². The zero-order valence-corrected chi connectivity index (χ0v) is 18.9. The molecule has 1 amide bonds. The lowest BCUT2D eigenvalue weighted by Gasteiger charge is -2.19. The van der Waals surface area contributed by atoms with E-state index in [0.29, 0.717) is 22.2 Å². The number of amides is 1. The van der Waals surface area contributed by atoms with Crippen LogP contribution in [0.4, 0.5) is 5.69 Å². The molecule has 1 unspecified atom stereocenters. The van der Waals surface area contributed by atoms with Crippen LogP contribution in [-0.2, 0) is 22.4 Å². The van der Waals surface area contributed by atoms with Crippen molar-refractivity contribution in [1.29, 1.82) is 0 Å². The maximum absolute atomic E-state index is 12.5. The number of nitrogens with one attached hydrogen (secondary N) is 1. The molecule has 3 aromatic rings. The average Bonchev–Trinajstić information content (AvgIpc) is 3.33. The first-order valence-corrected chi connectivity index (χ1v) is 11.5. The molecule has 0 fully saturated rings. The lowest BCUT2D eigenvalue weighted by atomic mass is 9.87. The lowest BCUT2D eigenvalue weighted by molar-refractivity contribution is -0.119. The number of benzene rings is 1. The number of carbonyl (C=O) groups excluding carboxylic acids is 2. The molecule has 1 aromatic carbocycles. The van der Waals surface area contributed by atoms with E-state index in [0.717, 1.165) is 30.6 Å². The Kier molecular flexibility index (Phi) is 6.23. The summed E-state index contributed by atoms with van der Waals surface area (Å²) >= 11 is 1.50. The van der Waals surface area contributed by atoms with Gasteiger partial charge < -0.3 is 10.1 Å². The molecule has 1 aliphatic carbocycles. The summed E-state index contributed by atoms with van der Waals surface area (Å²) in [7, 11) is 0. The predicted octanol–water partition coefficient (Wildman–Crippen LogP) is 4.86. The van der Waals surface area contributed by atoms with E-state index in [4.69, 9.17) is 4.74 Å². The number of ether oxygens (including phenoxy) is 1. The Morgan fingerprint density at radius 3 is 2.77 bits per heavy atom. The van der Waals surface area contributed by atoms with E-state index in [1.54, 1.807) is 4.68 Å². The second-order valence-electron chi connectivity index (χ2n) is 7.99. The molecule has 0 radical (unpaired) electrons. The summed E-state index contributed by atoms with van der Waals surface area (Å²) in [5.74, 6) is -0.115. The monoisotopic (exact) mass is 437 g/mol.